The number of amides is 1. The van der Waals surface area contributed by atoms with Gasteiger partial charge in [0.2, 0.25) is 5.91 Å². The summed E-state index contributed by atoms with van der Waals surface area (Å²) in [5.41, 5.74) is -0.503. The highest BCUT2D eigenvalue weighted by Gasteiger charge is 2.42. The molecule has 0 bridgehead atoms. The molecule has 0 radical (unpaired) electrons. The maximum Gasteiger partial charge on any atom is 0.217 e. The van der Waals surface area contributed by atoms with Crippen molar-refractivity contribution < 1.29 is 13.6 Å². The topological polar surface area (TPSA) is 47.6 Å². The van der Waals surface area contributed by atoms with Crippen LogP contribution in [-0.4, -0.2) is 41.3 Å². The summed E-state index contributed by atoms with van der Waals surface area (Å²) in [7, 11) is -3.75. The first-order valence-corrected chi connectivity index (χ1v) is 14.7. The molecule has 1 N–H and O–H groups in total. The molecule has 0 heterocycles. The molecule has 0 aromatic heterocycles. The van der Waals surface area contributed by atoms with Crippen LogP contribution in [0.25, 0.3) is 0 Å². The van der Waals surface area contributed by atoms with Crippen molar-refractivity contribution in [2.45, 2.75) is 97.2 Å². The average Bonchev–Trinajstić information content (AvgIpc) is 2.31. The van der Waals surface area contributed by atoms with E-state index in [0.717, 1.165) is 0 Å². The molecule has 0 rings (SSSR count). The van der Waals surface area contributed by atoms with Gasteiger partial charge in [0.1, 0.15) is 0 Å². The lowest BCUT2D eigenvalue weighted by Crippen LogP contribution is -2.57. The standard InChI is InChI=1S/C18H41NO3Si2/c1-15(20)19-18(8,13-21-23(9,10)16(2,3)4)14-22-24(11,12)17(5,6)7/h13-14H2,1-12H3,(H,19,20). The SMILES string of the molecule is CC(=O)NC(C)(CO[Si](C)(C)C(C)(C)C)CO[Si](C)(C)C(C)(C)C. The fourth-order valence-electron chi connectivity index (χ4n) is 1.65. The van der Waals surface area contributed by atoms with Crippen LogP contribution in [0.4, 0.5) is 0 Å². The zero-order valence-electron chi connectivity index (χ0n) is 18.1. The normalized spacial score (nSPS) is 14.7. The Morgan fingerprint density at radius 3 is 1.29 bits per heavy atom. The Hall–Kier alpha value is -0.176. The minimum absolute atomic E-state index is 0.0461. The number of hydrogen-bond acceptors (Lipinski definition) is 3. The number of hydrogen-bond donors (Lipinski definition) is 1. The van der Waals surface area contributed by atoms with E-state index in [1.54, 1.807) is 6.92 Å². The van der Waals surface area contributed by atoms with Crippen molar-refractivity contribution in [2.24, 2.45) is 0 Å². The van der Waals surface area contributed by atoms with Gasteiger partial charge in [0.15, 0.2) is 16.6 Å². The van der Waals surface area contributed by atoms with Crippen LogP contribution in [0, 0.1) is 0 Å². The lowest BCUT2D eigenvalue weighted by atomic mass is 10.1. The Morgan fingerprint density at radius 1 is 0.792 bits per heavy atom. The van der Waals surface area contributed by atoms with Crippen molar-refractivity contribution in [3.05, 3.63) is 0 Å². The number of rotatable bonds is 7. The first kappa shape index (κ1) is 23.8. The van der Waals surface area contributed by atoms with Crippen LogP contribution < -0.4 is 5.32 Å². The predicted molar refractivity (Wildman–Crippen MR) is 109 cm³/mol. The quantitative estimate of drug-likeness (QED) is 0.642. The van der Waals surface area contributed by atoms with E-state index in [9.17, 15) is 4.79 Å². The van der Waals surface area contributed by atoms with E-state index in [1.165, 1.54) is 0 Å². The lowest BCUT2D eigenvalue weighted by Gasteiger charge is -2.42. The van der Waals surface area contributed by atoms with Crippen molar-refractivity contribution in [2.75, 3.05) is 13.2 Å². The lowest BCUT2D eigenvalue weighted by molar-refractivity contribution is -0.121. The first-order chi connectivity index (χ1) is 10.3. The minimum atomic E-state index is -1.87. The summed E-state index contributed by atoms with van der Waals surface area (Å²) in [5, 5.41) is 3.35. The molecule has 0 aliphatic heterocycles. The van der Waals surface area contributed by atoms with Gasteiger partial charge in [0.05, 0.1) is 18.8 Å². The van der Waals surface area contributed by atoms with E-state index in [2.05, 4.69) is 73.0 Å². The predicted octanol–water partition coefficient (Wildman–Crippen LogP) is 4.92. The summed E-state index contributed by atoms with van der Waals surface area (Å²) in [4.78, 5) is 11.7. The summed E-state index contributed by atoms with van der Waals surface area (Å²) in [6, 6.07) is 0. The molecule has 0 aromatic rings. The molecule has 0 aromatic carbocycles. The third-order valence-electron chi connectivity index (χ3n) is 5.59. The van der Waals surface area contributed by atoms with Crippen molar-refractivity contribution in [1.82, 2.24) is 5.32 Å². The average molecular weight is 376 g/mol. The van der Waals surface area contributed by atoms with Crippen LogP contribution in [-0.2, 0) is 13.6 Å². The maximum atomic E-state index is 11.7. The molecule has 0 atom stereocenters. The van der Waals surface area contributed by atoms with Gasteiger partial charge < -0.3 is 14.2 Å². The van der Waals surface area contributed by atoms with Crippen molar-refractivity contribution in [1.29, 1.82) is 0 Å². The Bertz CT molecular complexity index is 405. The van der Waals surface area contributed by atoms with E-state index in [1.807, 2.05) is 6.92 Å². The first-order valence-electron chi connectivity index (χ1n) is 8.90. The second-order valence-electron chi connectivity index (χ2n) is 10.3. The van der Waals surface area contributed by atoms with Crippen LogP contribution in [0.1, 0.15) is 55.4 Å². The number of nitrogens with one attached hydrogen (secondary N) is 1. The van der Waals surface area contributed by atoms with E-state index < -0.39 is 22.2 Å². The largest absolute Gasteiger partial charge is 0.414 e. The molecule has 0 saturated heterocycles. The third-order valence-corrected chi connectivity index (χ3v) is 14.6. The summed E-state index contributed by atoms with van der Waals surface area (Å²) < 4.78 is 12.7. The molecule has 24 heavy (non-hydrogen) atoms. The molecule has 0 aliphatic rings. The highest BCUT2D eigenvalue weighted by Crippen LogP contribution is 2.38. The van der Waals surface area contributed by atoms with Crippen molar-refractivity contribution in [3.63, 3.8) is 0 Å². The molecular formula is C18H41NO3Si2. The van der Waals surface area contributed by atoms with Gasteiger partial charge in [0.25, 0.3) is 0 Å². The highest BCUT2D eigenvalue weighted by molar-refractivity contribution is 6.74. The third kappa shape index (κ3) is 6.98. The van der Waals surface area contributed by atoms with Gasteiger partial charge in [-0.15, -0.1) is 0 Å². The fourth-order valence-corrected chi connectivity index (χ4v) is 3.88. The molecule has 6 heteroatoms. The van der Waals surface area contributed by atoms with E-state index in [4.69, 9.17) is 8.85 Å². The Balaban J connectivity index is 5.14. The van der Waals surface area contributed by atoms with Gasteiger partial charge >= 0.3 is 0 Å². The fraction of sp³-hybridized carbons (Fsp3) is 0.944. The molecule has 0 spiro atoms. The Labute approximate surface area is 152 Å². The zero-order valence-corrected chi connectivity index (χ0v) is 20.1. The second kappa shape index (κ2) is 7.60. The van der Waals surface area contributed by atoms with E-state index in [-0.39, 0.29) is 16.0 Å². The molecule has 0 aliphatic carbocycles. The van der Waals surface area contributed by atoms with Crippen LogP contribution in [0.5, 0.6) is 0 Å². The molecule has 0 fully saturated rings. The Kier molecular flexibility index (Phi) is 7.54. The van der Waals surface area contributed by atoms with E-state index >= 15 is 0 Å². The molecule has 0 saturated carbocycles. The summed E-state index contributed by atoms with van der Waals surface area (Å²) >= 11 is 0. The molecule has 1 amide bonds. The molecule has 4 nitrogen and oxygen atoms in total. The van der Waals surface area contributed by atoms with Gasteiger partial charge in [-0.3, -0.25) is 4.79 Å². The Morgan fingerprint density at radius 2 is 1.08 bits per heavy atom. The molecule has 144 valence electrons. The number of carbonyl (C=O) groups excluding carboxylic acids is 1. The summed E-state index contributed by atoms with van der Waals surface area (Å²) in [5.74, 6) is -0.0461. The van der Waals surface area contributed by atoms with Gasteiger partial charge in [-0.25, -0.2) is 0 Å². The zero-order chi connectivity index (χ0) is 19.6. The van der Waals surface area contributed by atoms with Crippen LogP contribution >= 0.6 is 0 Å². The van der Waals surface area contributed by atoms with Crippen LogP contribution in [0.15, 0.2) is 0 Å². The van der Waals surface area contributed by atoms with Crippen molar-refractivity contribution in [3.8, 4) is 0 Å². The van der Waals surface area contributed by atoms with E-state index in [0.29, 0.717) is 13.2 Å². The van der Waals surface area contributed by atoms with Crippen molar-refractivity contribution >= 4 is 22.5 Å². The van der Waals surface area contributed by atoms with Gasteiger partial charge in [-0.05, 0) is 43.2 Å². The monoisotopic (exact) mass is 375 g/mol. The summed E-state index contributed by atoms with van der Waals surface area (Å²) in [6.07, 6.45) is 0. The molecular weight excluding hydrogens is 334 g/mol. The van der Waals surface area contributed by atoms with Gasteiger partial charge in [0, 0.05) is 6.92 Å². The van der Waals surface area contributed by atoms with Crippen LogP contribution in [0.2, 0.25) is 36.3 Å². The van der Waals surface area contributed by atoms with Gasteiger partial charge in [-0.2, -0.15) is 0 Å². The van der Waals surface area contributed by atoms with Gasteiger partial charge in [-0.1, -0.05) is 41.5 Å². The second-order valence-corrected chi connectivity index (χ2v) is 20.0. The maximum absolute atomic E-state index is 11.7. The number of carbonyl (C=O) groups is 1. The highest BCUT2D eigenvalue weighted by atomic mass is 28.4. The van der Waals surface area contributed by atoms with Crippen LogP contribution in [0.3, 0.4) is 0 Å². The smallest absolute Gasteiger partial charge is 0.217 e. The molecule has 0 unspecified atom stereocenters. The summed E-state index contributed by atoms with van der Waals surface area (Å²) in [6.45, 7) is 26.8. The minimum Gasteiger partial charge on any atom is -0.414 e.